The van der Waals surface area contributed by atoms with E-state index in [0.717, 1.165) is 34.5 Å². The van der Waals surface area contributed by atoms with Crippen LogP contribution >= 0.6 is 0 Å². The summed E-state index contributed by atoms with van der Waals surface area (Å²) in [5.74, 6) is 0.721. The Morgan fingerprint density at radius 2 is 2.08 bits per heavy atom. The number of nitrogens with one attached hydrogen (secondary N) is 2. The maximum absolute atomic E-state index is 15.4. The zero-order chi connectivity index (χ0) is 25.3. The third-order valence-electron chi connectivity index (χ3n) is 7.54. The van der Waals surface area contributed by atoms with E-state index < -0.39 is 5.67 Å². The van der Waals surface area contributed by atoms with E-state index in [0.29, 0.717) is 19.5 Å². The number of aromatic nitrogens is 1. The SMILES string of the molecule is COc1cc(C(N)CNCCCF)ccc1[C@@H]1c2[nH]c3ccccc3c2C[C@@H](C)N1CC1(F)COC1. The van der Waals surface area contributed by atoms with Crippen LogP contribution in [0, 0.1) is 0 Å². The highest BCUT2D eigenvalue weighted by atomic mass is 19.1. The molecule has 1 fully saturated rings. The number of rotatable bonds is 10. The largest absolute Gasteiger partial charge is 0.496 e. The first-order valence-electron chi connectivity index (χ1n) is 12.8. The van der Waals surface area contributed by atoms with Gasteiger partial charge in [-0.25, -0.2) is 4.39 Å². The zero-order valence-corrected chi connectivity index (χ0v) is 21.0. The van der Waals surface area contributed by atoms with Crippen LogP contribution in [0.2, 0.25) is 0 Å². The molecule has 0 radical (unpaired) electrons. The lowest BCUT2D eigenvalue weighted by Gasteiger charge is -2.46. The van der Waals surface area contributed by atoms with Crippen molar-refractivity contribution in [3.63, 3.8) is 0 Å². The van der Waals surface area contributed by atoms with Gasteiger partial charge in [-0.15, -0.1) is 0 Å². The third-order valence-corrected chi connectivity index (χ3v) is 7.54. The summed E-state index contributed by atoms with van der Waals surface area (Å²) < 4.78 is 38.9. The molecule has 3 aromatic rings. The van der Waals surface area contributed by atoms with Gasteiger partial charge >= 0.3 is 0 Å². The van der Waals surface area contributed by atoms with Crippen LogP contribution in [0.1, 0.15) is 47.8 Å². The summed E-state index contributed by atoms with van der Waals surface area (Å²) in [4.78, 5) is 5.90. The van der Waals surface area contributed by atoms with Crippen molar-refractivity contribution in [3.05, 3.63) is 64.8 Å². The summed E-state index contributed by atoms with van der Waals surface area (Å²) in [7, 11) is 1.66. The molecule has 6 nitrogen and oxygen atoms in total. The van der Waals surface area contributed by atoms with Gasteiger partial charge in [0, 0.05) is 47.3 Å². The lowest BCUT2D eigenvalue weighted by molar-refractivity contribution is -0.147. The Labute approximate surface area is 211 Å². The van der Waals surface area contributed by atoms with Crippen LogP contribution in [0.4, 0.5) is 8.78 Å². The number of ether oxygens (including phenoxy) is 2. The number of hydrogen-bond acceptors (Lipinski definition) is 5. The van der Waals surface area contributed by atoms with Crippen LogP contribution in [-0.2, 0) is 11.2 Å². The highest BCUT2D eigenvalue weighted by Crippen LogP contribution is 2.45. The molecule has 2 aliphatic rings. The quantitative estimate of drug-likeness (QED) is 0.366. The number of fused-ring (bicyclic) bond motifs is 3. The van der Waals surface area contributed by atoms with Crippen LogP contribution in [0.3, 0.4) is 0 Å². The minimum absolute atomic E-state index is 0.126. The van der Waals surface area contributed by atoms with Crippen molar-refractivity contribution in [2.24, 2.45) is 5.73 Å². The van der Waals surface area contributed by atoms with E-state index in [1.165, 1.54) is 10.9 Å². The molecule has 0 aliphatic carbocycles. The molecule has 1 saturated heterocycles. The topological polar surface area (TPSA) is 75.5 Å². The second kappa shape index (κ2) is 10.5. The number of nitrogens with zero attached hydrogens (tertiary/aromatic N) is 1. The third kappa shape index (κ3) is 4.75. The second-order valence-corrected chi connectivity index (χ2v) is 10.2. The Hall–Kier alpha value is -2.52. The van der Waals surface area contributed by atoms with Crippen LogP contribution in [0.25, 0.3) is 10.9 Å². The Bertz CT molecular complexity index is 1200. The summed E-state index contributed by atoms with van der Waals surface area (Å²) in [5.41, 5.74) is 10.4. The van der Waals surface area contributed by atoms with E-state index in [1.807, 2.05) is 18.2 Å². The Balaban J connectivity index is 1.53. The summed E-state index contributed by atoms with van der Waals surface area (Å²) in [6.07, 6.45) is 1.31. The van der Waals surface area contributed by atoms with Crippen LogP contribution in [0.5, 0.6) is 5.75 Å². The number of methoxy groups -OCH3 is 1. The number of alkyl halides is 2. The van der Waals surface area contributed by atoms with E-state index in [-0.39, 0.29) is 44.6 Å². The van der Waals surface area contributed by atoms with Crippen molar-refractivity contribution in [1.29, 1.82) is 0 Å². The molecule has 0 bridgehead atoms. The lowest BCUT2D eigenvalue weighted by atomic mass is 9.86. The first-order chi connectivity index (χ1) is 17.4. The predicted octanol–water partition coefficient (Wildman–Crippen LogP) is 4.20. The van der Waals surface area contributed by atoms with E-state index in [2.05, 4.69) is 46.4 Å². The fraction of sp³-hybridized carbons (Fsp3) is 0.500. The summed E-state index contributed by atoms with van der Waals surface area (Å²) in [6.45, 7) is 3.50. The van der Waals surface area contributed by atoms with E-state index in [1.54, 1.807) is 7.11 Å². The first kappa shape index (κ1) is 25.1. The van der Waals surface area contributed by atoms with Crippen LogP contribution in [0.15, 0.2) is 42.5 Å². The molecule has 1 unspecified atom stereocenters. The highest BCUT2D eigenvalue weighted by Gasteiger charge is 2.46. The highest BCUT2D eigenvalue weighted by molar-refractivity contribution is 5.85. The maximum atomic E-state index is 15.4. The second-order valence-electron chi connectivity index (χ2n) is 10.2. The van der Waals surface area contributed by atoms with Gasteiger partial charge in [-0.3, -0.25) is 9.29 Å². The van der Waals surface area contributed by atoms with Gasteiger partial charge in [0.05, 0.1) is 33.0 Å². The molecule has 0 spiro atoms. The molecule has 2 aromatic carbocycles. The van der Waals surface area contributed by atoms with Crippen LogP contribution in [-0.4, -0.2) is 68.2 Å². The summed E-state index contributed by atoms with van der Waals surface area (Å²) in [5, 5.41) is 4.42. The van der Waals surface area contributed by atoms with E-state index in [4.69, 9.17) is 15.2 Å². The molecule has 3 atom stereocenters. The maximum Gasteiger partial charge on any atom is 0.169 e. The number of H-pyrrole nitrogens is 1. The number of hydrogen-bond donors (Lipinski definition) is 3. The molecule has 4 N–H and O–H groups in total. The van der Waals surface area contributed by atoms with Crippen LogP contribution < -0.4 is 15.8 Å². The Kier molecular flexibility index (Phi) is 7.30. The molecule has 3 heterocycles. The van der Waals surface area contributed by atoms with Crippen molar-refractivity contribution < 1.29 is 18.3 Å². The number of para-hydroxylation sites is 1. The number of benzene rings is 2. The van der Waals surface area contributed by atoms with Gasteiger partial charge in [-0.1, -0.05) is 30.3 Å². The molecule has 194 valence electrons. The van der Waals surface area contributed by atoms with Gasteiger partial charge in [-0.2, -0.15) is 0 Å². The molecule has 8 heteroatoms. The standard InChI is InChI=1S/C28H36F2N4O2/c1-18-12-22-20-6-3-4-7-24(20)33-26(22)27(34(18)15-28(30)16-36-17-28)21-9-8-19(13-25(21)35-2)23(31)14-32-11-5-10-29/h3-4,6-9,13,18,23,27,32-33H,5,10-12,14-17,31H2,1-2H3/t18-,23?,27-/m1/s1. The molecular weight excluding hydrogens is 462 g/mol. The molecule has 36 heavy (non-hydrogen) atoms. The van der Waals surface area contributed by atoms with E-state index in [9.17, 15) is 4.39 Å². The number of aromatic amines is 1. The van der Waals surface area contributed by atoms with Gasteiger partial charge in [-0.05, 0) is 49.6 Å². The number of halogens is 2. The van der Waals surface area contributed by atoms with Crippen molar-refractivity contribution in [1.82, 2.24) is 15.2 Å². The molecule has 0 saturated carbocycles. The van der Waals surface area contributed by atoms with Gasteiger partial charge in [0.1, 0.15) is 5.75 Å². The number of nitrogens with two attached hydrogens (primary N) is 1. The molecule has 2 aliphatic heterocycles. The average Bonchev–Trinajstić information content (AvgIpc) is 3.23. The normalized spacial score (nSPS) is 22.2. The van der Waals surface area contributed by atoms with Crippen molar-refractivity contribution in [3.8, 4) is 5.75 Å². The first-order valence-corrected chi connectivity index (χ1v) is 12.8. The average molecular weight is 499 g/mol. The van der Waals surface area contributed by atoms with Gasteiger partial charge in [0.25, 0.3) is 0 Å². The Morgan fingerprint density at radius 3 is 2.81 bits per heavy atom. The van der Waals surface area contributed by atoms with Gasteiger partial charge in [0.15, 0.2) is 5.67 Å². The minimum atomic E-state index is -1.35. The van der Waals surface area contributed by atoms with Crippen molar-refractivity contribution in [2.45, 2.75) is 43.6 Å². The molecular formula is C28H36F2N4O2. The fourth-order valence-electron chi connectivity index (χ4n) is 5.58. The van der Waals surface area contributed by atoms with E-state index >= 15 is 4.39 Å². The molecule has 1 aromatic heterocycles. The van der Waals surface area contributed by atoms with Crippen molar-refractivity contribution >= 4 is 10.9 Å². The zero-order valence-electron chi connectivity index (χ0n) is 21.0. The molecule has 0 amide bonds. The summed E-state index contributed by atoms with van der Waals surface area (Å²) >= 11 is 0. The predicted molar refractivity (Wildman–Crippen MR) is 138 cm³/mol. The smallest absolute Gasteiger partial charge is 0.169 e. The fourth-order valence-corrected chi connectivity index (χ4v) is 5.58. The summed E-state index contributed by atoms with van der Waals surface area (Å²) in [6, 6.07) is 14.1. The van der Waals surface area contributed by atoms with Crippen molar-refractivity contribution in [2.75, 3.05) is 46.6 Å². The Morgan fingerprint density at radius 1 is 1.28 bits per heavy atom. The lowest BCUT2D eigenvalue weighted by Crippen LogP contribution is -2.57. The monoisotopic (exact) mass is 498 g/mol. The minimum Gasteiger partial charge on any atom is -0.496 e. The molecule has 5 rings (SSSR count). The van der Waals surface area contributed by atoms with Gasteiger partial charge < -0.3 is 25.5 Å². The van der Waals surface area contributed by atoms with Gasteiger partial charge in [0.2, 0.25) is 0 Å².